The molecule has 0 saturated carbocycles. The Balaban J connectivity index is 1.81. The molecule has 0 radical (unpaired) electrons. The van der Waals surface area contributed by atoms with Crippen molar-refractivity contribution in [2.75, 3.05) is 11.1 Å². The quantitative estimate of drug-likeness (QED) is 0.475. The van der Waals surface area contributed by atoms with Crippen molar-refractivity contribution >= 4 is 46.0 Å². The Morgan fingerprint density at radius 2 is 1.46 bits per heavy atom. The molecule has 0 heterocycles. The number of carbonyl (C=O) groups excluding carboxylic acids is 1. The summed E-state index contributed by atoms with van der Waals surface area (Å²) in [5, 5.41) is 4.09. The number of para-hydroxylation sites is 2. The molecule has 3 rings (SSSR count). The van der Waals surface area contributed by atoms with Gasteiger partial charge in [0.1, 0.15) is 0 Å². The highest BCUT2D eigenvalue weighted by atomic mass is 35.5. The first-order valence-electron chi connectivity index (χ1n) is 7.25. The number of halogens is 2. The number of rotatable bonds is 4. The second-order valence-electron chi connectivity index (χ2n) is 5.28. The Bertz CT molecular complexity index is 872. The van der Waals surface area contributed by atoms with E-state index in [0.29, 0.717) is 26.9 Å². The number of nitrogens with two attached hydrogens (primary N) is 1. The van der Waals surface area contributed by atoms with Crippen LogP contribution in [0.4, 0.5) is 17.1 Å². The minimum absolute atomic E-state index is 0.134. The summed E-state index contributed by atoms with van der Waals surface area (Å²) in [5.74, 6) is -0.134. The van der Waals surface area contributed by atoms with Crippen molar-refractivity contribution in [2.45, 2.75) is 0 Å². The van der Waals surface area contributed by atoms with Crippen LogP contribution < -0.4 is 11.1 Å². The van der Waals surface area contributed by atoms with Gasteiger partial charge in [-0.15, -0.1) is 0 Å². The average molecular weight is 357 g/mol. The third kappa shape index (κ3) is 3.70. The summed E-state index contributed by atoms with van der Waals surface area (Å²) < 4.78 is 0. The van der Waals surface area contributed by atoms with Crippen molar-refractivity contribution in [1.29, 1.82) is 0 Å². The first-order chi connectivity index (χ1) is 11.5. The lowest BCUT2D eigenvalue weighted by molar-refractivity contribution is 0.103. The fourth-order valence-corrected chi connectivity index (χ4v) is 2.85. The van der Waals surface area contributed by atoms with Gasteiger partial charge in [0.05, 0.1) is 11.4 Å². The van der Waals surface area contributed by atoms with Gasteiger partial charge in [0, 0.05) is 26.9 Å². The normalized spacial score (nSPS) is 10.4. The predicted molar refractivity (Wildman–Crippen MR) is 100 cm³/mol. The molecule has 0 saturated heterocycles. The molecule has 0 fully saturated rings. The van der Waals surface area contributed by atoms with E-state index in [1.807, 2.05) is 36.4 Å². The van der Waals surface area contributed by atoms with E-state index >= 15 is 0 Å². The van der Waals surface area contributed by atoms with Gasteiger partial charge in [-0.1, -0.05) is 35.3 Å². The lowest BCUT2D eigenvalue weighted by Crippen LogP contribution is -2.02. The van der Waals surface area contributed by atoms with Gasteiger partial charge in [-0.2, -0.15) is 0 Å². The summed E-state index contributed by atoms with van der Waals surface area (Å²) in [5.41, 5.74) is 9.24. The van der Waals surface area contributed by atoms with Gasteiger partial charge in [-0.3, -0.25) is 4.79 Å². The zero-order valence-corrected chi connectivity index (χ0v) is 14.1. The molecule has 3 N–H and O–H groups in total. The molecule has 3 aromatic rings. The van der Waals surface area contributed by atoms with Crippen LogP contribution >= 0.6 is 23.2 Å². The molecule has 0 spiro atoms. The largest absolute Gasteiger partial charge is 0.397 e. The van der Waals surface area contributed by atoms with Gasteiger partial charge in [0.25, 0.3) is 0 Å². The van der Waals surface area contributed by atoms with Gasteiger partial charge in [-0.25, -0.2) is 0 Å². The molecule has 0 aliphatic heterocycles. The van der Waals surface area contributed by atoms with E-state index in [1.54, 1.807) is 30.3 Å². The smallest absolute Gasteiger partial charge is 0.193 e. The highest BCUT2D eigenvalue weighted by Gasteiger charge is 2.11. The third-order valence-corrected chi connectivity index (χ3v) is 3.95. The Labute approximate surface area is 150 Å². The lowest BCUT2D eigenvalue weighted by atomic mass is 10.0. The Kier molecular flexibility index (Phi) is 4.74. The van der Waals surface area contributed by atoms with E-state index in [-0.39, 0.29) is 5.78 Å². The van der Waals surface area contributed by atoms with Crippen molar-refractivity contribution in [3.05, 3.63) is 87.9 Å². The summed E-state index contributed by atoms with van der Waals surface area (Å²) >= 11 is 11.9. The first-order valence-corrected chi connectivity index (χ1v) is 8.01. The molecule has 0 aliphatic rings. The molecule has 0 aromatic heterocycles. The van der Waals surface area contributed by atoms with Crippen molar-refractivity contribution in [3.8, 4) is 0 Å². The number of ketones is 1. The summed E-state index contributed by atoms with van der Waals surface area (Å²) in [6, 6.07) is 19.4. The van der Waals surface area contributed by atoms with Crippen LogP contribution in [0.2, 0.25) is 10.0 Å². The van der Waals surface area contributed by atoms with E-state index < -0.39 is 0 Å². The zero-order chi connectivity index (χ0) is 17.1. The van der Waals surface area contributed by atoms with E-state index in [2.05, 4.69) is 5.32 Å². The summed E-state index contributed by atoms with van der Waals surface area (Å²) in [7, 11) is 0. The van der Waals surface area contributed by atoms with Crippen LogP contribution in [0.5, 0.6) is 0 Å². The number of benzene rings is 3. The van der Waals surface area contributed by atoms with Crippen LogP contribution in [0.25, 0.3) is 0 Å². The summed E-state index contributed by atoms with van der Waals surface area (Å²) in [4.78, 5) is 12.5. The number of nitrogen functional groups attached to an aromatic ring is 1. The Morgan fingerprint density at radius 1 is 0.833 bits per heavy atom. The minimum Gasteiger partial charge on any atom is -0.397 e. The van der Waals surface area contributed by atoms with E-state index in [9.17, 15) is 4.79 Å². The zero-order valence-electron chi connectivity index (χ0n) is 12.6. The minimum atomic E-state index is -0.134. The lowest BCUT2D eigenvalue weighted by Gasteiger charge is -2.10. The SMILES string of the molecule is Nc1ccccc1Nc1ccc(C(=O)c2cc(Cl)cc(Cl)c2)cc1. The molecule has 0 aliphatic carbocycles. The molecular formula is C19H14Cl2N2O. The van der Waals surface area contributed by atoms with Gasteiger partial charge in [0.2, 0.25) is 0 Å². The highest BCUT2D eigenvalue weighted by Crippen LogP contribution is 2.24. The summed E-state index contributed by atoms with van der Waals surface area (Å²) in [6.45, 7) is 0. The Hall–Kier alpha value is -2.49. The van der Waals surface area contributed by atoms with Crippen molar-refractivity contribution in [3.63, 3.8) is 0 Å². The molecular weight excluding hydrogens is 343 g/mol. The van der Waals surface area contributed by atoms with Crippen LogP contribution in [-0.4, -0.2) is 5.78 Å². The number of carbonyl (C=O) groups is 1. The number of nitrogens with one attached hydrogen (secondary N) is 1. The maximum atomic E-state index is 12.5. The topological polar surface area (TPSA) is 55.1 Å². The second-order valence-corrected chi connectivity index (χ2v) is 6.15. The van der Waals surface area contributed by atoms with E-state index in [4.69, 9.17) is 28.9 Å². The van der Waals surface area contributed by atoms with Crippen LogP contribution in [0.15, 0.2) is 66.7 Å². The standard InChI is InChI=1S/C19H14Cl2N2O/c20-14-9-13(10-15(21)11-14)19(24)12-5-7-16(8-6-12)23-18-4-2-1-3-17(18)22/h1-11,23H,22H2. The molecule has 3 nitrogen and oxygen atoms in total. The molecule has 0 bridgehead atoms. The maximum absolute atomic E-state index is 12.5. The van der Waals surface area contributed by atoms with Crippen molar-refractivity contribution in [1.82, 2.24) is 0 Å². The average Bonchev–Trinajstić information content (AvgIpc) is 2.56. The molecule has 5 heteroatoms. The van der Waals surface area contributed by atoms with Crippen LogP contribution in [-0.2, 0) is 0 Å². The molecule has 120 valence electrons. The van der Waals surface area contributed by atoms with Gasteiger partial charge in [0.15, 0.2) is 5.78 Å². The molecule has 0 amide bonds. The van der Waals surface area contributed by atoms with Crippen molar-refractivity contribution in [2.24, 2.45) is 0 Å². The fourth-order valence-electron chi connectivity index (χ4n) is 2.32. The van der Waals surface area contributed by atoms with Gasteiger partial charge >= 0.3 is 0 Å². The predicted octanol–water partition coefficient (Wildman–Crippen LogP) is 5.55. The monoisotopic (exact) mass is 356 g/mol. The van der Waals surface area contributed by atoms with Crippen LogP contribution in [0.1, 0.15) is 15.9 Å². The van der Waals surface area contributed by atoms with Gasteiger partial charge in [-0.05, 0) is 54.6 Å². The maximum Gasteiger partial charge on any atom is 0.193 e. The molecule has 3 aromatic carbocycles. The Morgan fingerprint density at radius 3 is 2.08 bits per heavy atom. The van der Waals surface area contributed by atoms with Crippen LogP contribution in [0, 0.1) is 0 Å². The van der Waals surface area contributed by atoms with E-state index in [0.717, 1.165) is 11.4 Å². The number of hydrogen-bond acceptors (Lipinski definition) is 3. The van der Waals surface area contributed by atoms with Crippen LogP contribution in [0.3, 0.4) is 0 Å². The highest BCUT2D eigenvalue weighted by molar-refractivity contribution is 6.35. The summed E-state index contributed by atoms with van der Waals surface area (Å²) in [6.07, 6.45) is 0. The molecule has 24 heavy (non-hydrogen) atoms. The van der Waals surface area contributed by atoms with Crippen molar-refractivity contribution < 1.29 is 4.79 Å². The first kappa shape index (κ1) is 16.4. The fraction of sp³-hybridized carbons (Fsp3) is 0. The third-order valence-electron chi connectivity index (χ3n) is 3.51. The van der Waals surface area contributed by atoms with Gasteiger partial charge < -0.3 is 11.1 Å². The second kappa shape index (κ2) is 6.95. The molecule has 0 unspecified atom stereocenters. The number of anilines is 3. The molecule has 0 atom stereocenters. The number of hydrogen-bond donors (Lipinski definition) is 2. The van der Waals surface area contributed by atoms with E-state index in [1.165, 1.54) is 0 Å².